The maximum absolute atomic E-state index is 12.2. The van der Waals surface area contributed by atoms with Crippen LogP contribution in [0, 0.1) is 11.8 Å². The minimum atomic E-state index is -4.07. The van der Waals surface area contributed by atoms with E-state index in [1.807, 2.05) is 0 Å². The van der Waals surface area contributed by atoms with Crippen LogP contribution >= 0.6 is 0 Å². The summed E-state index contributed by atoms with van der Waals surface area (Å²) in [6.07, 6.45) is -3.03. The van der Waals surface area contributed by atoms with E-state index in [2.05, 4.69) is 0 Å². The van der Waals surface area contributed by atoms with Crippen LogP contribution in [-0.2, 0) is 4.79 Å². The van der Waals surface area contributed by atoms with Crippen molar-refractivity contribution in [1.29, 1.82) is 0 Å². The minimum absolute atomic E-state index is 0.0284. The molecule has 0 atom stereocenters. The Hall–Kier alpha value is -0.540. The molecule has 1 fully saturated rings. The van der Waals surface area contributed by atoms with Crippen LogP contribution in [0.3, 0.4) is 0 Å². The zero-order valence-electron chi connectivity index (χ0n) is 7.53. The summed E-state index contributed by atoms with van der Waals surface area (Å²) in [4.78, 5) is 10.9. The van der Waals surface area contributed by atoms with Crippen LogP contribution in [0.25, 0.3) is 0 Å². The van der Waals surface area contributed by atoms with Crippen molar-refractivity contribution >= 4 is 5.78 Å². The minimum Gasteiger partial charge on any atom is -0.300 e. The normalized spacial score (nSPS) is 30.2. The summed E-state index contributed by atoms with van der Waals surface area (Å²) in [5.74, 6) is -1.28. The lowest BCUT2D eigenvalue weighted by Gasteiger charge is -2.28. The molecule has 0 aliphatic heterocycles. The molecule has 4 heteroatoms. The molecule has 13 heavy (non-hydrogen) atoms. The summed E-state index contributed by atoms with van der Waals surface area (Å²) in [7, 11) is 0. The average molecular weight is 194 g/mol. The molecule has 0 amide bonds. The lowest BCUT2D eigenvalue weighted by molar-refractivity contribution is -0.184. The van der Waals surface area contributed by atoms with E-state index in [1.54, 1.807) is 0 Å². The zero-order valence-corrected chi connectivity index (χ0v) is 7.53. The highest BCUT2D eigenvalue weighted by Gasteiger charge is 2.41. The van der Waals surface area contributed by atoms with Gasteiger partial charge in [0.1, 0.15) is 5.78 Å². The number of alkyl halides is 3. The summed E-state index contributed by atoms with van der Waals surface area (Å²) in [5, 5.41) is 0. The molecule has 1 nitrogen and oxygen atoms in total. The van der Waals surface area contributed by atoms with E-state index in [1.165, 1.54) is 6.92 Å². The van der Waals surface area contributed by atoms with Gasteiger partial charge in [0.25, 0.3) is 0 Å². The van der Waals surface area contributed by atoms with Crippen molar-refractivity contribution in [3.63, 3.8) is 0 Å². The predicted octanol–water partition coefficient (Wildman–Crippen LogP) is 2.94. The van der Waals surface area contributed by atoms with Crippen molar-refractivity contribution in [3.05, 3.63) is 0 Å². The SMILES string of the molecule is CC(=O)C1CCC(C(F)(F)F)CC1. The Labute approximate surface area is 75.3 Å². The topological polar surface area (TPSA) is 17.1 Å². The van der Waals surface area contributed by atoms with Gasteiger partial charge in [-0.3, -0.25) is 4.79 Å². The predicted molar refractivity (Wildman–Crippen MR) is 42.2 cm³/mol. The summed E-state index contributed by atoms with van der Waals surface area (Å²) in [5.41, 5.74) is 0. The Morgan fingerprint density at radius 3 is 1.92 bits per heavy atom. The van der Waals surface area contributed by atoms with Gasteiger partial charge >= 0.3 is 6.18 Å². The molecular weight excluding hydrogens is 181 g/mol. The molecule has 0 radical (unpaired) electrons. The second kappa shape index (κ2) is 3.68. The van der Waals surface area contributed by atoms with E-state index in [4.69, 9.17) is 0 Å². The van der Waals surface area contributed by atoms with Crippen LogP contribution in [0.5, 0.6) is 0 Å². The van der Waals surface area contributed by atoms with Gasteiger partial charge in [-0.1, -0.05) is 0 Å². The van der Waals surface area contributed by atoms with Gasteiger partial charge in [0.2, 0.25) is 0 Å². The van der Waals surface area contributed by atoms with Gasteiger partial charge in [-0.15, -0.1) is 0 Å². The van der Waals surface area contributed by atoms with Crippen LogP contribution in [-0.4, -0.2) is 12.0 Å². The van der Waals surface area contributed by atoms with Crippen LogP contribution in [0.15, 0.2) is 0 Å². The highest BCUT2D eigenvalue weighted by Crippen LogP contribution is 2.39. The van der Waals surface area contributed by atoms with Crippen LogP contribution in [0.1, 0.15) is 32.6 Å². The molecule has 1 rings (SSSR count). The van der Waals surface area contributed by atoms with E-state index < -0.39 is 12.1 Å². The fourth-order valence-electron chi connectivity index (χ4n) is 1.83. The molecular formula is C9H13F3O. The third-order valence-electron chi connectivity index (χ3n) is 2.77. The first-order valence-electron chi connectivity index (χ1n) is 4.48. The largest absolute Gasteiger partial charge is 0.391 e. The third-order valence-corrected chi connectivity index (χ3v) is 2.77. The third kappa shape index (κ3) is 2.71. The molecule has 0 N–H and O–H groups in total. The van der Waals surface area contributed by atoms with E-state index >= 15 is 0 Å². The van der Waals surface area contributed by atoms with Crippen molar-refractivity contribution in [2.45, 2.75) is 38.8 Å². The number of ketones is 1. The molecule has 1 aliphatic carbocycles. The summed E-state index contributed by atoms with van der Waals surface area (Å²) < 4.78 is 36.6. The number of carbonyl (C=O) groups excluding carboxylic acids is 1. The fraction of sp³-hybridized carbons (Fsp3) is 0.889. The number of carbonyl (C=O) groups is 1. The van der Waals surface area contributed by atoms with Gasteiger partial charge in [0.05, 0.1) is 5.92 Å². The molecule has 0 bridgehead atoms. The molecule has 1 saturated carbocycles. The smallest absolute Gasteiger partial charge is 0.300 e. The van der Waals surface area contributed by atoms with E-state index in [-0.39, 0.29) is 24.5 Å². The maximum atomic E-state index is 12.2. The van der Waals surface area contributed by atoms with E-state index in [0.717, 1.165) is 0 Å². The van der Waals surface area contributed by atoms with Gasteiger partial charge in [-0.05, 0) is 32.6 Å². The maximum Gasteiger partial charge on any atom is 0.391 e. The number of hydrogen-bond acceptors (Lipinski definition) is 1. The number of Topliss-reactive ketones (excluding diaryl/α,β-unsaturated/α-hetero) is 1. The number of rotatable bonds is 1. The monoisotopic (exact) mass is 194 g/mol. The molecule has 0 heterocycles. The Morgan fingerprint density at radius 1 is 1.15 bits per heavy atom. The van der Waals surface area contributed by atoms with E-state index in [0.29, 0.717) is 12.8 Å². The average Bonchev–Trinajstić information content (AvgIpc) is 2.03. The van der Waals surface area contributed by atoms with Crippen LogP contribution < -0.4 is 0 Å². The zero-order chi connectivity index (χ0) is 10.1. The van der Waals surface area contributed by atoms with E-state index in [9.17, 15) is 18.0 Å². The van der Waals surface area contributed by atoms with Gasteiger partial charge in [0.15, 0.2) is 0 Å². The number of hydrogen-bond donors (Lipinski definition) is 0. The van der Waals surface area contributed by atoms with Crippen molar-refractivity contribution in [2.75, 3.05) is 0 Å². The molecule has 0 unspecified atom stereocenters. The van der Waals surface area contributed by atoms with Crippen LogP contribution in [0.4, 0.5) is 13.2 Å². The highest BCUT2D eigenvalue weighted by atomic mass is 19.4. The summed E-state index contributed by atoms with van der Waals surface area (Å²) in [6, 6.07) is 0. The van der Waals surface area contributed by atoms with Gasteiger partial charge in [-0.2, -0.15) is 13.2 Å². The Kier molecular flexibility index (Phi) is 2.98. The first-order valence-corrected chi connectivity index (χ1v) is 4.48. The van der Waals surface area contributed by atoms with Crippen molar-refractivity contribution in [1.82, 2.24) is 0 Å². The lowest BCUT2D eigenvalue weighted by atomic mass is 9.80. The molecule has 0 aromatic rings. The standard InChI is InChI=1S/C9H13F3O/c1-6(13)7-2-4-8(5-3-7)9(10,11)12/h7-8H,2-5H2,1H3. The first kappa shape index (κ1) is 10.5. The molecule has 0 aromatic carbocycles. The molecule has 1 aliphatic rings. The van der Waals surface area contributed by atoms with Crippen LogP contribution in [0.2, 0.25) is 0 Å². The summed E-state index contributed by atoms with van der Waals surface area (Å²) in [6.45, 7) is 1.46. The Bertz CT molecular complexity index is 190. The molecule has 0 aromatic heterocycles. The van der Waals surface area contributed by atoms with Gasteiger partial charge in [-0.25, -0.2) is 0 Å². The highest BCUT2D eigenvalue weighted by molar-refractivity contribution is 5.78. The molecule has 0 spiro atoms. The van der Waals surface area contributed by atoms with Crippen molar-refractivity contribution < 1.29 is 18.0 Å². The lowest BCUT2D eigenvalue weighted by Crippen LogP contribution is -2.29. The number of halogens is 3. The second-order valence-electron chi connectivity index (χ2n) is 3.70. The Balaban J connectivity index is 2.44. The fourth-order valence-corrected chi connectivity index (χ4v) is 1.83. The van der Waals surface area contributed by atoms with Crippen molar-refractivity contribution in [3.8, 4) is 0 Å². The second-order valence-corrected chi connectivity index (χ2v) is 3.70. The first-order chi connectivity index (χ1) is 5.91. The van der Waals surface area contributed by atoms with Gasteiger partial charge in [0, 0.05) is 5.92 Å². The van der Waals surface area contributed by atoms with Crippen molar-refractivity contribution in [2.24, 2.45) is 11.8 Å². The Morgan fingerprint density at radius 2 is 1.62 bits per heavy atom. The quantitative estimate of drug-likeness (QED) is 0.627. The molecule has 76 valence electrons. The molecule has 0 saturated heterocycles. The summed E-state index contributed by atoms with van der Waals surface area (Å²) >= 11 is 0. The van der Waals surface area contributed by atoms with Gasteiger partial charge < -0.3 is 0 Å².